The summed E-state index contributed by atoms with van der Waals surface area (Å²) >= 11 is 0. The van der Waals surface area contributed by atoms with Gasteiger partial charge in [0.25, 0.3) is 0 Å². The molecule has 0 aromatic heterocycles. The second-order valence-electron chi connectivity index (χ2n) is 5.69. The molecule has 1 aliphatic rings. The Bertz CT molecular complexity index is 550. The van der Waals surface area contributed by atoms with Crippen molar-refractivity contribution in [2.24, 2.45) is 5.92 Å². The van der Waals surface area contributed by atoms with E-state index in [1.165, 1.54) is 6.07 Å². The highest BCUT2D eigenvalue weighted by Crippen LogP contribution is 2.17. The van der Waals surface area contributed by atoms with Gasteiger partial charge in [-0.25, -0.2) is 4.39 Å². The van der Waals surface area contributed by atoms with Gasteiger partial charge in [-0.15, -0.1) is 0 Å². The fourth-order valence-corrected chi connectivity index (χ4v) is 2.59. The quantitative estimate of drug-likeness (QED) is 0.805. The summed E-state index contributed by atoms with van der Waals surface area (Å²) in [5.41, 5.74) is 0.553. The van der Waals surface area contributed by atoms with Crippen molar-refractivity contribution in [3.8, 4) is 0 Å². The van der Waals surface area contributed by atoms with Gasteiger partial charge in [0.2, 0.25) is 11.8 Å². The van der Waals surface area contributed by atoms with Crippen LogP contribution >= 0.6 is 0 Å². The molecule has 0 radical (unpaired) electrons. The molecule has 1 heterocycles. The number of carbonyl (C=O) groups excluding carboxylic acids is 2. The third-order valence-corrected chi connectivity index (χ3v) is 3.95. The SMILES string of the molecule is CN1CC(C(=O)NCCCN(C)c2ccccc2F)CC1=O. The largest absolute Gasteiger partial charge is 0.372 e. The minimum Gasteiger partial charge on any atom is -0.372 e. The predicted octanol–water partition coefficient (Wildman–Crippen LogP) is 1.25. The van der Waals surface area contributed by atoms with Crippen LogP contribution in [-0.2, 0) is 9.59 Å². The van der Waals surface area contributed by atoms with Crippen LogP contribution in [0.3, 0.4) is 0 Å². The molecule has 1 N–H and O–H groups in total. The number of carbonyl (C=O) groups is 2. The van der Waals surface area contributed by atoms with Crippen molar-refractivity contribution in [1.82, 2.24) is 10.2 Å². The lowest BCUT2D eigenvalue weighted by Gasteiger charge is -2.20. The van der Waals surface area contributed by atoms with Gasteiger partial charge < -0.3 is 15.1 Å². The van der Waals surface area contributed by atoms with E-state index in [1.807, 2.05) is 11.9 Å². The highest BCUT2D eigenvalue weighted by Gasteiger charge is 2.31. The molecule has 1 aliphatic heterocycles. The van der Waals surface area contributed by atoms with Crippen LogP contribution in [0.15, 0.2) is 24.3 Å². The molecule has 0 spiro atoms. The molecule has 1 aromatic carbocycles. The summed E-state index contributed by atoms with van der Waals surface area (Å²) in [4.78, 5) is 26.7. The molecule has 0 aliphatic carbocycles. The number of para-hydroxylation sites is 1. The zero-order chi connectivity index (χ0) is 16.1. The number of nitrogens with one attached hydrogen (secondary N) is 1. The summed E-state index contributed by atoms with van der Waals surface area (Å²) in [6, 6.07) is 6.62. The minimum absolute atomic E-state index is 0.0134. The van der Waals surface area contributed by atoms with Crippen LogP contribution in [0.25, 0.3) is 0 Å². The normalized spacial score (nSPS) is 17.7. The van der Waals surface area contributed by atoms with Gasteiger partial charge in [0.1, 0.15) is 5.82 Å². The Morgan fingerprint density at radius 3 is 2.82 bits per heavy atom. The van der Waals surface area contributed by atoms with Gasteiger partial charge in [0, 0.05) is 40.2 Å². The van der Waals surface area contributed by atoms with Crippen LogP contribution in [0.5, 0.6) is 0 Å². The summed E-state index contributed by atoms with van der Waals surface area (Å²) in [5.74, 6) is -0.561. The lowest BCUT2D eigenvalue weighted by molar-refractivity contribution is -0.128. The second kappa shape index (κ2) is 7.24. The molecule has 120 valence electrons. The molecular formula is C16H22FN3O2. The van der Waals surface area contributed by atoms with Crippen molar-refractivity contribution >= 4 is 17.5 Å². The van der Waals surface area contributed by atoms with Crippen LogP contribution in [0, 0.1) is 11.7 Å². The molecule has 2 amide bonds. The zero-order valence-electron chi connectivity index (χ0n) is 13.0. The van der Waals surface area contributed by atoms with Crippen LogP contribution in [0.1, 0.15) is 12.8 Å². The first-order chi connectivity index (χ1) is 10.5. The Kier molecular flexibility index (Phi) is 5.35. The van der Waals surface area contributed by atoms with Crippen molar-refractivity contribution in [3.63, 3.8) is 0 Å². The third kappa shape index (κ3) is 3.96. The third-order valence-electron chi connectivity index (χ3n) is 3.95. The van der Waals surface area contributed by atoms with Gasteiger partial charge in [-0.1, -0.05) is 12.1 Å². The number of nitrogens with zero attached hydrogens (tertiary/aromatic N) is 2. The number of likely N-dealkylation sites (tertiary alicyclic amines) is 1. The number of hydrogen-bond donors (Lipinski definition) is 1. The highest BCUT2D eigenvalue weighted by atomic mass is 19.1. The molecule has 1 saturated heterocycles. The first-order valence-electron chi connectivity index (χ1n) is 7.46. The molecule has 6 heteroatoms. The first-order valence-corrected chi connectivity index (χ1v) is 7.46. The average Bonchev–Trinajstić information content (AvgIpc) is 2.83. The van der Waals surface area contributed by atoms with E-state index in [2.05, 4.69) is 5.32 Å². The first kappa shape index (κ1) is 16.3. The second-order valence-corrected chi connectivity index (χ2v) is 5.69. The zero-order valence-corrected chi connectivity index (χ0v) is 13.0. The van der Waals surface area contributed by atoms with Gasteiger partial charge in [-0.3, -0.25) is 9.59 Å². The lowest BCUT2D eigenvalue weighted by atomic mass is 10.1. The van der Waals surface area contributed by atoms with Gasteiger partial charge in [0.05, 0.1) is 11.6 Å². The van der Waals surface area contributed by atoms with Gasteiger partial charge >= 0.3 is 0 Å². The molecule has 2 rings (SSSR count). The van der Waals surface area contributed by atoms with Gasteiger partial charge in [-0.05, 0) is 18.6 Å². The Balaban J connectivity index is 1.70. The maximum absolute atomic E-state index is 13.6. The van der Waals surface area contributed by atoms with Gasteiger partial charge in [0.15, 0.2) is 0 Å². The standard InChI is InChI=1S/C16H22FN3O2/c1-19(14-7-4-3-6-13(14)17)9-5-8-18-16(22)12-10-15(21)20(2)11-12/h3-4,6-7,12H,5,8-11H2,1-2H3,(H,18,22). The number of hydrogen-bond acceptors (Lipinski definition) is 3. The van der Waals surface area contributed by atoms with E-state index in [9.17, 15) is 14.0 Å². The Hall–Kier alpha value is -2.11. The Labute approximate surface area is 130 Å². The Morgan fingerprint density at radius 2 is 2.18 bits per heavy atom. The van der Waals surface area contributed by atoms with Crippen molar-refractivity contribution in [3.05, 3.63) is 30.1 Å². The number of halogens is 1. The average molecular weight is 307 g/mol. The molecular weight excluding hydrogens is 285 g/mol. The summed E-state index contributed by atoms with van der Waals surface area (Å²) in [6.45, 7) is 1.65. The van der Waals surface area contributed by atoms with E-state index < -0.39 is 0 Å². The van der Waals surface area contributed by atoms with Crippen LogP contribution in [0.4, 0.5) is 10.1 Å². The molecule has 1 atom stereocenters. The summed E-state index contributed by atoms with van der Waals surface area (Å²) in [6.07, 6.45) is 1.00. The molecule has 5 nitrogen and oxygen atoms in total. The number of amides is 2. The van der Waals surface area contributed by atoms with E-state index in [1.54, 1.807) is 30.1 Å². The topological polar surface area (TPSA) is 52.7 Å². The summed E-state index contributed by atoms with van der Waals surface area (Å²) in [7, 11) is 3.53. The van der Waals surface area contributed by atoms with E-state index >= 15 is 0 Å². The Morgan fingerprint density at radius 1 is 1.45 bits per heavy atom. The maximum atomic E-state index is 13.6. The molecule has 1 unspecified atom stereocenters. The highest BCUT2D eigenvalue weighted by molar-refractivity contribution is 5.89. The van der Waals surface area contributed by atoms with Crippen LogP contribution in [0.2, 0.25) is 0 Å². The van der Waals surface area contributed by atoms with Crippen molar-refractivity contribution in [2.45, 2.75) is 12.8 Å². The number of benzene rings is 1. The van der Waals surface area contributed by atoms with E-state index in [4.69, 9.17) is 0 Å². The maximum Gasteiger partial charge on any atom is 0.225 e. The lowest BCUT2D eigenvalue weighted by Crippen LogP contribution is -2.34. The molecule has 0 bridgehead atoms. The number of rotatable bonds is 6. The summed E-state index contributed by atoms with van der Waals surface area (Å²) in [5, 5.41) is 2.85. The summed E-state index contributed by atoms with van der Waals surface area (Å²) < 4.78 is 13.6. The fraction of sp³-hybridized carbons (Fsp3) is 0.500. The molecule has 1 aromatic rings. The molecule has 22 heavy (non-hydrogen) atoms. The number of anilines is 1. The van der Waals surface area contributed by atoms with Gasteiger partial charge in [-0.2, -0.15) is 0 Å². The van der Waals surface area contributed by atoms with Crippen molar-refractivity contribution in [2.75, 3.05) is 38.6 Å². The van der Waals surface area contributed by atoms with Crippen molar-refractivity contribution < 1.29 is 14.0 Å². The molecule has 0 saturated carbocycles. The van der Waals surface area contributed by atoms with E-state index in [0.29, 0.717) is 31.7 Å². The predicted molar refractivity (Wildman–Crippen MR) is 83.0 cm³/mol. The van der Waals surface area contributed by atoms with Crippen LogP contribution < -0.4 is 10.2 Å². The molecule has 1 fully saturated rings. The minimum atomic E-state index is -0.249. The van der Waals surface area contributed by atoms with E-state index in [-0.39, 0.29) is 30.0 Å². The van der Waals surface area contributed by atoms with Crippen molar-refractivity contribution in [1.29, 1.82) is 0 Å². The monoisotopic (exact) mass is 307 g/mol. The smallest absolute Gasteiger partial charge is 0.225 e. The fourth-order valence-electron chi connectivity index (χ4n) is 2.59. The van der Waals surface area contributed by atoms with E-state index in [0.717, 1.165) is 0 Å². The van der Waals surface area contributed by atoms with Crippen LogP contribution in [-0.4, -0.2) is 50.4 Å².